The molecule has 1 aromatic heterocycles. The van der Waals surface area contributed by atoms with E-state index in [1.165, 1.54) is 28.7 Å². The molecule has 1 aliphatic rings. The van der Waals surface area contributed by atoms with Crippen LogP contribution in [-0.2, 0) is 16.6 Å². The Morgan fingerprint density at radius 2 is 2.10 bits per heavy atom. The Bertz CT molecular complexity index is 1280. The molecule has 31 heavy (non-hydrogen) atoms. The molecule has 7 nitrogen and oxygen atoms in total. The van der Waals surface area contributed by atoms with Crippen molar-refractivity contribution in [3.63, 3.8) is 0 Å². The second-order valence-corrected chi connectivity index (χ2v) is 8.99. The first-order valence-electron chi connectivity index (χ1n) is 9.48. The Hall–Kier alpha value is -3.45. The largest absolute Gasteiger partial charge is 0.435 e. The zero-order valence-corrected chi connectivity index (χ0v) is 17.1. The van der Waals surface area contributed by atoms with Crippen molar-refractivity contribution in [2.75, 3.05) is 21.9 Å². The van der Waals surface area contributed by atoms with Gasteiger partial charge < -0.3 is 10.1 Å². The molecule has 1 saturated heterocycles. The van der Waals surface area contributed by atoms with Gasteiger partial charge in [-0.2, -0.15) is 14.0 Å². The lowest BCUT2D eigenvalue weighted by Crippen LogP contribution is -2.25. The van der Waals surface area contributed by atoms with Crippen LogP contribution in [0.4, 0.5) is 20.2 Å². The number of halogens is 2. The number of fused-ring (bicyclic) bond motifs is 1. The zero-order valence-electron chi connectivity index (χ0n) is 16.3. The molecule has 1 fully saturated rings. The van der Waals surface area contributed by atoms with Crippen molar-refractivity contribution >= 4 is 32.3 Å². The maximum Gasteiger partial charge on any atom is 0.387 e. The third-order valence-electron chi connectivity index (χ3n) is 4.95. The van der Waals surface area contributed by atoms with Crippen molar-refractivity contribution in [1.82, 2.24) is 4.98 Å². The number of aromatic nitrogens is 1. The fourth-order valence-electron chi connectivity index (χ4n) is 3.56. The molecule has 0 saturated carbocycles. The molecular formula is C21H18F2N4O3S. The summed E-state index contributed by atoms with van der Waals surface area (Å²) in [7, 11) is -3.29. The monoisotopic (exact) mass is 444 g/mol. The van der Waals surface area contributed by atoms with Gasteiger partial charge in [-0.3, -0.25) is 9.29 Å². The average molecular weight is 444 g/mol. The van der Waals surface area contributed by atoms with E-state index in [2.05, 4.69) is 15.0 Å². The van der Waals surface area contributed by atoms with E-state index in [0.29, 0.717) is 35.2 Å². The fourth-order valence-corrected chi connectivity index (χ4v) is 5.12. The number of sulfonamides is 1. The molecule has 0 spiro atoms. The minimum Gasteiger partial charge on any atom is -0.435 e. The Morgan fingerprint density at radius 3 is 2.81 bits per heavy atom. The second-order valence-electron chi connectivity index (χ2n) is 6.98. The van der Waals surface area contributed by atoms with Gasteiger partial charge in [-0.05, 0) is 42.3 Å². The summed E-state index contributed by atoms with van der Waals surface area (Å²) in [5, 5.41) is 13.1. The standard InChI is InChI=1S/C21H18F2N4O3S/c22-21(23)30-17-5-6-19-18(10-17)20(15(11-24)13-25-19)26-12-14-3-1-4-16(9-14)27-7-2-8-31(27,28)29/h1,3-6,9-10,13,21H,2,7-8,12H2,(H,25,26). The number of nitrogens with zero attached hydrogens (tertiary/aromatic N) is 3. The number of nitriles is 1. The lowest BCUT2D eigenvalue weighted by atomic mass is 10.1. The van der Waals surface area contributed by atoms with Gasteiger partial charge in [-0.25, -0.2) is 8.42 Å². The van der Waals surface area contributed by atoms with Gasteiger partial charge in [0.2, 0.25) is 10.0 Å². The predicted molar refractivity (Wildman–Crippen MR) is 113 cm³/mol. The van der Waals surface area contributed by atoms with Gasteiger partial charge in [0.05, 0.1) is 28.2 Å². The number of hydrogen-bond acceptors (Lipinski definition) is 6. The van der Waals surface area contributed by atoms with E-state index in [1.54, 1.807) is 18.2 Å². The molecule has 160 valence electrons. The average Bonchev–Trinajstić information content (AvgIpc) is 3.10. The van der Waals surface area contributed by atoms with Gasteiger partial charge in [0.1, 0.15) is 11.8 Å². The van der Waals surface area contributed by atoms with Gasteiger partial charge in [0.15, 0.2) is 0 Å². The summed E-state index contributed by atoms with van der Waals surface area (Å²) >= 11 is 0. The van der Waals surface area contributed by atoms with Gasteiger partial charge in [-0.1, -0.05) is 12.1 Å². The predicted octanol–water partition coefficient (Wildman–Crippen LogP) is 3.86. The van der Waals surface area contributed by atoms with Gasteiger partial charge in [-0.15, -0.1) is 0 Å². The Kier molecular flexibility index (Phi) is 5.61. The number of alkyl halides is 2. The van der Waals surface area contributed by atoms with Crippen LogP contribution in [0.5, 0.6) is 5.75 Å². The number of rotatable bonds is 6. The van der Waals surface area contributed by atoms with E-state index in [4.69, 9.17) is 0 Å². The Morgan fingerprint density at radius 1 is 1.26 bits per heavy atom. The Balaban J connectivity index is 1.64. The van der Waals surface area contributed by atoms with Crippen LogP contribution in [0.15, 0.2) is 48.7 Å². The summed E-state index contributed by atoms with van der Waals surface area (Å²) in [5.74, 6) is 0.0937. The van der Waals surface area contributed by atoms with E-state index in [1.807, 2.05) is 12.1 Å². The van der Waals surface area contributed by atoms with Gasteiger partial charge in [0.25, 0.3) is 0 Å². The van der Waals surface area contributed by atoms with Crippen LogP contribution >= 0.6 is 0 Å². The van der Waals surface area contributed by atoms with Crippen LogP contribution in [0.1, 0.15) is 17.5 Å². The summed E-state index contributed by atoms with van der Waals surface area (Å²) < 4.78 is 55.5. The number of anilines is 2. The van der Waals surface area contributed by atoms with Crippen LogP contribution in [-0.4, -0.2) is 32.3 Å². The topological polar surface area (TPSA) is 95.3 Å². The van der Waals surface area contributed by atoms with Crippen LogP contribution in [0.2, 0.25) is 0 Å². The van der Waals surface area contributed by atoms with E-state index >= 15 is 0 Å². The van der Waals surface area contributed by atoms with Crippen molar-refractivity contribution < 1.29 is 21.9 Å². The SMILES string of the molecule is N#Cc1cnc2ccc(OC(F)F)cc2c1NCc1cccc(N2CCCS2(=O)=O)c1. The molecule has 0 bridgehead atoms. The molecule has 10 heteroatoms. The molecule has 0 atom stereocenters. The summed E-state index contributed by atoms with van der Waals surface area (Å²) in [6, 6.07) is 13.5. The third kappa shape index (κ3) is 4.36. The summed E-state index contributed by atoms with van der Waals surface area (Å²) in [4.78, 5) is 4.19. The van der Waals surface area contributed by atoms with Crippen molar-refractivity contribution in [1.29, 1.82) is 5.26 Å². The molecule has 3 aromatic rings. The van der Waals surface area contributed by atoms with Crippen LogP contribution in [0, 0.1) is 11.3 Å². The van der Waals surface area contributed by atoms with E-state index < -0.39 is 16.6 Å². The number of pyridine rings is 1. The lowest BCUT2D eigenvalue weighted by molar-refractivity contribution is -0.0497. The molecular weight excluding hydrogens is 426 g/mol. The minimum atomic E-state index is -3.29. The smallest absolute Gasteiger partial charge is 0.387 e. The maximum atomic E-state index is 12.6. The van der Waals surface area contributed by atoms with Crippen molar-refractivity contribution in [3.8, 4) is 11.8 Å². The number of nitrogens with one attached hydrogen (secondary N) is 1. The van der Waals surface area contributed by atoms with E-state index in [-0.39, 0.29) is 23.6 Å². The second kappa shape index (κ2) is 8.35. The maximum absolute atomic E-state index is 12.6. The first-order chi connectivity index (χ1) is 14.9. The van der Waals surface area contributed by atoms with Crippen LogP contribution < -0.4 is 14.4 Å². The number of hydrogen-bond donors (Lipinski definition) is 1. The summed E-state index contributed by atoms with van der Waals surface area (Å²) in [6.07, 6.45) is 1.99. The van der Waals surface area contributed by atoms with Crippen LogP contribution in [0.25, 0.3) is 10.9 Å². The molecule has 0 amide bonds. The highest BCUT2D eigenvalue weighted by atomic mass is 32.2. The first kappa shape index (κ1) is 20.8. The summed E-state index contributed by atoms with van der Waals surface area (Å²) in [6.45, 7) is -2.24. The molecule has 4 rings (SSSR count). The highest BCUT2D eigenvalue weighted by Gasteiger charge is 2.28. The van der Waals surface area contributed by atoms with Crippen molar-refractivity contribution in [3.05, 3.63) is 59.8 Å². The highest BCUT2D eigenvalue weighted by Crippen LogP contribution is 2.31. The van der Waals surface area contributed by atoms with Crippen LogP contribution in [0.3, 0.4) is 0 Å². The fraction of sp³-hybridized carbons (Fsp3) is 0.238. The quantitative estimate of drug-likeness (QED) is 0.620. The van der Waals surface area contributed by atoms with Gasteiger partial charge >= 0.3 is 6.61 Å². The molecule has 0 radical (unpaired) electrons. The lowest BCUT2D eigenvalue weighted by Gasteiger charge is -2.18. The Labute approximate surface area is 177 Å². The van der Waals surface area contributed by atoms with E-state index in [0.717, 1.165) is 5.56 Å². The highest BCUT2D eigenvalue weighted by molar-refractivity contribution is 7.93. The van der Waals surface area contributed by atoms with Crippen molar-refractivity contribution in [2.24, 2.45) is 0 Å². The third-order valence-corrected chi connectivity index (χ3v) is 6.82. The first-order valence-corrected chi connectivity index (χ1v) is 11.1. The molecule has 1 aliphatic heterocycles. The minimum absolute atomic E-state index is 0.0383. The van der Waals surface area contributed by atoms with Gasteiger partial charge in [0, 0.05) is 24.7 Å². The molecule has 2 heterocycles. The van der Waals surface area contributed by atoms with E-state index in [9.17, 15) is 22.5 Å². The summed E-state index contributed by atoms with van der Waals surface area (Å²) in [5.41, 5.74) is 2.59. The number of benzene rings is 2. The normalized spacial score (nSPS) is 15.2. The number of ether oxygens (including phenoxy) is 1. The molecule has 1 N–H and O–H groups in total. The molecule has 0 unspecified atom stereocenters. The molecule has 2 aromatic carbocycles. The molecule has 0 aliphatic carbocycles. The zero-order chi connectivity index (χ0) is 22.0. The van der Waals surface area contributed by atoms with Crippen molar-refractivity contribution in [2.45, 2.75) is 19.6 Å².